The van der Waals surface area contributed by atoms with E-state index in [1.165, 1.54) is 34.8 Å². The van der Waals surface area contributed by atoms with Gasteiger partial charge in [0, 0.05) is 58.3 Å². The molecule has 1 N–H and O–H groups in total. The molecular weight excluding hydrogens is 527 g/mol. The maximum absolute atomic E-state index is 13.0. The summed E-state index contributed by atoms with van der Waals surface area (Å²) in [6.45, 7) is 5.04. The monoisotopic (exact) mass is 551 g/mol. The minimum Gasteiger partial charge on any atom is -0.368 e. The zero-order valence-corrected chi connectivity index (χ0v) is 21.8. The van der Waals surface area contributed by atoms with Crippen molar-refractivity contribution in [3.05, 3.63) is 63.3 Å². The normalized spacial score (nSPS) is 15.2. The van der Waals surface area contributed by atoms with Crippen molar-refractivity contribution in [1.82, 2.24) is 10.2 Å². The number of carbonyl (C=O) groups excluding carboxylic acids is 1. The van der Waals surface area contributed by atoms with Gasteiger partial charge in [0.25, 0.3) is 5.91 Å². The van der Waals surface area contributed by atoms with E-state index in [0.29, 0.717) is 21.1 Å². The molecule has 0 aliphatic carbocycles. The molecule has 1 amide bonds. The molecule has 36 heavy (non-hydrogen) atoms. The number of nitrogens with zero attached hydrogens (tertiary/aromatic N) is 2. The smallest absolute Gasteiger partial charge is 0.368 e. The highest BCUT2D eigenvalue weighted by Crippen LogP contribution is 2.38. The van der Waals surface area contributed by atoms with Crippen molar-refractivity contribution in [2.24, 2.45) is 0 Å². The molecule has 0 unspecified atom stereocenters. The largest absolute Gasteiger partial charge is 0.416 e. The first-order chi connectivity index (χ1) is 17.3. The fourth-order valence-electron chi connectivity index (χ4n) is 4.55. The number of benzene rings is 2. The molecule has 4 nitrogen and oxygen atoms in total. The van der Waals surface area contributed by atoms with Crippen LogP contribution in [-0.2, 0) is 6.18 Å². The van der Waals surface area contributed by atoms with Crippen LogP contribution < -0.4 is 10.2 Å². The Morgan fingerprint density at radius 3 is 2.53 bits per heavy atom. The van der Waals surface area contributed by atoms with E-state index in [1.54, 1.807) is 6.07 Å². The summed E-state index contributed by atoms with van der Waals surface area (Å²) in [4.78, 5) is 17.8. The van der Waals surface area contributed by atoms with Crippen molar-refractivity contribution in [2.45, 2.75) is 19.0 Å². The molecule has 2 aromatic carbocycles. The van der Waals surface area contributed by atoms with Crippen LogP contribution in [0.2, 0.25) is 5.02 Å². The molecule has 0 radical (unpaired) electrons. The Morgan fingerprint density at radius 1 is 1.00 bits per heavy atom. The number of nitrogens with one attached hydrogen (secondary N) is 1. The second-order valence-corrected chi connectivity index (χ2v) is 11.2. The number of halogens is 4. The van der Waals surface area contributed by atoms with Gasteiger partial charge >= 0.3 is 6.18 Å². The maximum Gasteiger partial charge on any atom is 0.416 e. The van der Waals surface area contributed by atoms with Crippen LogP contribution in [0.1, 0.15) is 28.1 Å². The maximum atomic E-state index is 13.0. The van der Waals surface area contributed by atoms with Gasteiger partial charge in [-0.3, -0.25) is 9.69 Å². The average Bonchev–Trinajstić information content (AvgIpc) is 3.44. The lowest BCUT2D eigenvalue weighted by atomic mass is 10.1. The zero-order chi connectivity index (χ0) is 25.3. The molecule has 1 aliphatic rings. The van der Waals surface area contributed by atoms with Crippen LogP contribution in [0.15, 0.2) is 47.8 Å². The van der Waals surface area contributed by atoms with E-state index < -0.39 is 11.7 Å². The average molecular weight is 552 g/mol. The van der Waals surface area contributed by atoms with Gasteiger partial charge in [0.2, 0.25) is 0 Å². The molecule has 3 heterocycles. The van der Waals surface area contributed by atoms with Gasteiger partial charge in [-0.1, -0.05) is 35.9 Å². The second-order valence-electron chi connectivity index (χ2n) is 8.86. The summed E-state index contributed by atoms with van der Waals surface area (Å²) in [5, 5.41) is 7.27. The van der Waals surface area contributed by atoms with Crippen molar-refractivity contribution in [1.29, 1.82) is 0 Å². The highest BCUT2D eigenvalue weighted by molar-refractivity contribution is 7.21. The Bertz CT molecular complexity index is 1380. The summed E-state index contributed by atoms with van der Waals surface area (Å²) < 4.78 is 40.7. The van der Waals surface area contributed by atoms with Crippen molar-refractivity contribution in [3.63, 3.8) is 0 Å². The molecule has 10 heteroatoms. The number of carbonyl (C=O) groups is 1. The van der Waals surface area contributed by atoms with Crippen molar-refractivity contribution >= 4 is 66.0 Å². The fourth-order valence-corrected chi connectivity index (χ4v) is 6.99. The van der Waals surface area contributed by atoms with Gasteiger partial charge in [-0.15, -0.1) is 22.7 Å². The van der Waals surface area contributed by atoms with Crippen LogP contribution in [0.25, 0.3) is 20.2 Å². The van der Waals surface area contributed by atoms with E-state index in [0.717, 1.165) is 66.7 Å². The fraction of sp³-hybridized carbons (Fsp3) is 0.346. The third kappa shape index (κ3) is 5.34. The number of fused-ring (bicyclic) bond motifs is 2. The van der Waals surface area contributed by atoms with Crippen LogP contribution in [0.4, 0.5) is 18.9 Å². The standard InChI is InChI=1S/C26H25ClF3N3OS2/c27-23-19-5-1-2-6-21(19)36-24(23)25(34)31-9-3-4-10-32-11-13-33(14-12-32)20-16-35-22-15-17(26(28,29)30)7-8-18(20)22/h1-2,5-8,15-16H,3-4,9-14H2,(H,31,34). The third-order valence-corrected chi connectivity index (χ3v) is 9.13. The number of rotatable bonds is 7. The number of amides is 1. The number of alkyl halides is 3. The SMILES string of the molecule is O=C(NCCCCN1CCN(c2csc3cc(C(F)(F)F)ccc23)CC1)c1sc2ccccc2c1Cl. The predicted octanol–water partition coefficient (Wildman–Crippen LogP) is 7.12. The van der Waals surface area contributed by atoms with Gasteiger partial charge in [-0.05, 0) is 37.6 Å². The van der Waals surface area contributed by atoms with Gasteiger partial charge in [-0.25, -0.2) is 0 Å². The lowest BCUT2D eigenvalue weighted by molar-refractivity contribution is -0.137. The molecule has 0 atom stereocenters. The zero-order valence-electron chi connectivity index (χ0n) is 19.4. The minimum absolute atomic E-state index is 0.125. The Hall–Kier alpha value is -2.33. The highest BCUT2D eigenvalue weighted by Gasteiger charge is 2.31. The quantitative estimate of drug-likeness (QED) is 0.248. The highest BCUT2D eigenvalue weighted by atomic mass is 35.5. The van der Waals surface area contributed by atoms with Crippen molar-refractivity contribution in [3.8, 4) is 0 Å². The summed E-state index contributed by atoms with van der Waals surface area (Å²) in [6, 6.07) is 11.7. The Kier molecular flexibility index (Phi) is 7.44. The molecule has 1 fully saturated rings. The number of piperazine rings is 1. The first kappa shape index (κ1) is 25.3. The van der Waals surface area contributed by atoms with Gasteiger partial charge < -0.3 is 10.2 Å². The summed E-state index contributed by atoms with van der Waals surface area (Å²) in [6.07, 6.45) is -2.47. The van der Waals surface area contributed by atoms with Crippen LogP contribution >= 0.6 is 34.3 Å². The Morgan fingerprint density at radius 2 is 1.78 bits per heavy atom. The number of thiophene rings is 2. The molecule has 0 saturated carbocycles. The Balaban J connectivity index is 1.06. The first-order valence-electron chi connectivity index (χ1n) is 11.8. The molecule has 0 spiro atoms. The minimum atomic E-state index is -4.32. The van der Waals surface area contributed by atoms with E-state index >= 15 is 0 Å². The lowest BCUT2D eigenvalue weighted by Crippen LogP contribution is -2.46. The summed E-state index contributed by atoms with van der Waals surface area (Å²) in [7, 11) is 0. The van der Waals surface area contributed by atoms with Gasteiger partial charge in [0.1, 0.15) is 4.88 Å². The summed E-state index contributed by atoms with van der Waals surface area (Å²) in [5.74, 6) is -0.125. The van der Waals surface area contributed by atoms with Crippen LogP contribution in [0.5, 0.6) is 0 Å². The third-order valence-electron chi connectivity index (χ3n) is 6.52. The summed E-state index contributed by atoms with van der Waals surface area (Å²) in [5.41, 5.74) is 0.419. The Labute approximate surface area is 220 Å². The van der Waals surface area contributed by atoms with E-state index in [1.807, 2.05) is 29.6 Å². The van der Waals surface area contributed by atoms with Crippen molar-refractivity contribution < 1.29 is 18.0 Å². The molecule has 5 rings (SSSR count). The number of unbranched alkanes of at least 4 members (excludes halogenated alkanes) is 1. The molecule has 0 bridgehead atoms. The van der Waals surface area contributed by atoms with E-state index in [4.69, 9.17) is 11.6 Å². The van der Waals surface area contributed by atoms with Gasteiger partial charge in [-0.2, -0.15) is 13.2 Å². The van der Waals surface area contributed by atoms with Crippen molar-refractivity contribution in [2.75, 3.05) is 44.2 Å². The van der Waals surface area contributed by atoms with Gasteiger partial charge in [0.15, 0.2) is 0 Å². The van der Waals surface area contributed by atoms with Crippen LogP contribution in [0.3, 0.4) is 0 Å². The predicted molar refractivity (Wildman–Crippen MR) is 144 cm³/mol. The number of hydrogen-bond donors (Lipinski definition) is 1. The number of anilines is 1. The van der Waals surface area contributed by atoms with E-state index in [2.05, 4.69) is 15.1 Å². The molecule has 2 aromatic heterocycles. The van der Waals surface area contributed by atoms with E-state index in [-0.39, 0.29) is 5.91 Å². The second kappa shape index (κ2) is 10.6. The first-order valence-corrected chi connectivity index (χ1v) is 13.9. The van der Waals surface area contributed by atoms with E-state index in [9.17, 15) is 18.0 Å². The molecule has 1 saturated heterocycles. The topological polar surface area (TPSA) is 35.6 Å². The summed E-state index contributed by atoms with van der Waals surface area (Å²) >= 11 is 9.17. The van der Waals surface area contributed by atoms with Gasteiger partial charge in [0.05, 0.1) is 16.3 Å². The van der Waals surface area contributed by atoms with Crippen LogP contribution in [0, 0.1) is 0 Å². The molecule has 4 aromatic rings. The van der Waals surface area contributed by atoms with Crippen LogP contribution in [-0.4, -0.2) is 50.1 Å². The molecule has 1 aliphatic heterocycles. The molecular formula is C26H25ClF3N3OS2. The number of hydrogen-bond acceptors (Lipinski definition) is 5. The molecule has 190 valence electrons. The lowest BCUT2D eigenvalue weighted by Gasteiger charge is -2.36.